The van der Waals surface area contributed by atoms with Crippen molar-refractivity contribution >= 4 is 17.4 Å². The van der Waals surface area contributed by atoms with Gasteiger partial charge in [-0.3, -0.25) is 4.79 Å². The second kappa shape index (κ2) is 8.66. The largest absolute Gasteiger partial charge is 0.573 e. The second-order valence-corrected chi connectivity index (χ2v) is 7.10. The molecule has 0 bridgehead atoms. The Balaban J connectivity index is 1.36. The third kappa shape index (κ3) is 5.33. The highest BCUT2D eigenvalue weighted by Gasteiger charge is 2.31. The Hall–Kier alpha value is -3.56. The summed E-state index contributed by atoms with van der Waals surface area (Å²) < 4.78 is 45.9. The molecule has 0 unspecified atom stereocenters. The number of anilines is 2. The molecule has 10 heteroatoms. The highest BCUT2D eigenvalue weighted by molar-refractivity contribution is 5.93. The molecule has 1 N–H and O–H groups in total. The molecule has 0 aliphatic carbocycles. The van der Waals surface area contributed by atoms with Crippen LogP contribution in [0.3, 0.4) is 0 Å². The summed E-state index contributed by atoms with van der Waals surface area (Å²) in [5, 5.41) is 11.2. The van der Waals surface area contributed by atoms with Crippen molar-refractivity contribution in [3.8, 4) is 17.2 Å². The molecular formula is C21H19F3N4O3. The molecule has 0 radical (unpaired) electrons. The van der Waals surface area contributed by atoms with Crippen LogP contribution in [0.4, 0.5) is 24.7 Å². The molecule has 1 aliphatic heterocycles. The Morgan fingerprint density at radius 2 is 1.94 bits per heavy atom. The number of piperidine rings is 1. The van der Waals surface area contributed by atoms with Gasteiger partial charge in [-0.1, -0.05) is 0 Å². The van der Waals surface area contributed by atoms with Gasteiger partial charge in [-0.2, -0.15) is 0 Å². The van der Waals surface area contributed by atoms with E-state index in [0.29, 0.717) is 35.9 Å². The Morgan fingerprint density at radius 3 is 2.58 bits per heavy atom. The summed E-state index contributed by atoms with van der Waals surface area (Å²) >= 11 is 0. The third-order valence-electron chi connectivity index (χ3n) is 4.90. The van der Waals surface area contributed by atoms with E-state index in [1.54, 1.807) is 18.4 Å². The van der Waals surface area contributed by atoms with E-state index in [9.17, 15) is 18.0 Å². The molecule has 0 saturated carbocycles. The van der Waals surface area contributed by atoms with Crippen molar-refractivity contribution in [3.63, 3.8) is 0 Å². The lowest BCUT2D eigenvalue weighted by atomic mass is 9.97. The fourth-order valence-corrected chi connectivity index (χ4v) is 3.43. The van der Waals surface area contributed by atoms with Gasteiger partial charge < -0.3 is 19.4 Å². The molecule has 2 aromatic heterocycles. The molecule has 31 heavy (non-hydrogen) atoms. The molecule has 1 aromatic carbocycles. The number of alkyl halides is 3. The number of hydrogen-bond donors (Lipinski definition) is 1. The van der Waals surface area contributed by atoms with E-state index in [-0.39, 0.29) is 17.6 Å². The van der Waals surface area contributed by atoms with Crippen LogP contribution in [0, 0.1) is 5.92 Å². The SMILES string of the molecule is O=C(Nc1ccc(OC(F)(F)F)cc1)[C@@H]1CCCN(c2ccc(-c3ccco3)nn2)C1. The number of nitrogens with zero attached hydrogens (tertiary/aromatic N) is 3. The Morgan fingerprint density at radius 1 is 1.13 bits per heavy atom. The monoisotopic (exact) mass is 432 g/mol. The van der Waals surface area contributed by atoms with E-state index < -0.39 is 6.36 Å². The normalized spacial score (nSPS) is 16.7. The van der Waals surface area contributed by atoms with Gasteiger partial charge in [0.2, 0.25) is 5.91 Å². The second-order valence-electron chi connectivity index (χ2n) is 7.10. The molecule has 7 nitrogen and oxygen atoms in total. The summed E-state index contributed by atoms with van der Waals surface area (Å²) in [6, 6.07) is 12.3. The van der Waals surface area contributed by atoms with Crippen molar-refractivity contribution in [2.75, 3.05) is 23.3 Å². The predicted octanol–water partition coefficient (Wildman–Crippen LogP) is 4.49. The number of rotatable bonds is 5. The average Bonchev–Trinajstić information content (AvgIpc) is 3.29. The average molecular weight is 432 g/mol. The molecular weight excluding hydrogens is 413 g/mol. The number of nitrogens with one attached hydrogen (secondary N) is 1. The van der Waals surface area contributed by atoms with Gasteiger partial charge in [-0.05, 0) is 61.4 Å². The van der Waals surface area contributed by atoms with E-state index in [2.05, 4.69) is 20.3 Å². The molecule has 0 spiro atoms. The number of benzene rings is 1. The van der Waals surface area contributed by atoms with Crippen LogP contribution in [0.5, 0.6) is 5.75 Å². The van der Waals surface area contributed by atoms with Gasteiger partial charge in [0.1, 0.15) is 11.4 Å². The van der Waals surface area contributed by atoms with Crippen molar-refractivity contribution in [3.05, 3.63) is 54.8 Å². The number of aromatic nitrogens is 2. The number of furan rings is 1. The first-order valence-electron chi connectivity index (χ1n) is 9.66. The number of carbonyl (C=O) groups excluding carboxylic acids is 1. The molecule has 1 atom stereocenters. The van der Waals surface area contributed by atoms with Gasteiger partial charge >= 0.3 is 6.36 Å². The van der Waals surface area contributed by atoms with E-state index in [4.69, 9.17) is 4.42 Å². The highest BCUT2D eigenvalue weighted by atomic mass is 19.4. The zero-order valence-electron chi connectivity index (χ0n) is 16.3. The minimum atomic E-state index is -4.75. The third-order valence-corrected chi connectivity index (χ3v) is 4.90. The smallest absolute Gasteiger partial charge is 0.463 e. The molecule has 4 rings (SSSR count). The van der Waals surface area contributed by atoms with Crippen LogP contribution < -0.4 is 15.0 Å². The van der Waals surface area contributed by atoms with Crippen LogP contribution in [0.25, 0.3) is 11.5 Å². The molecule has 1 fully saturated rings. The maximum absolute atomic E-state index is 12.7. The fourth-order valence-electron chi connectivity index (χ4n) is 3.43. The number of amides is 1. The maximum atomic E-state index is 12.7. The molecule has 1 amide bonds. The van der Waals surface area contributed by atoms with E-state index in [1.807, 2.05) is 17.0 Å². The Labute approximate surface area is 175 Å². The van der Waals surface area contributed by atoms with Crippen molar-refractivity contribution in [2.45, 2.75) is 19.2 Å². The standard InChI is InChI=1S/C21H19F3N4O3/c22-21(23,24)31-16-7-5-15(6-8-16)25-20(29)14-3-1-11-28(13-14)19-10-9-17(26-27-19)18-4-2-12-30-18/h2,4-10,12,14H,1,3,11,13H2,(H,25,29)/t14-/m1/s1. The molecule has 3 heterocycles. The Bertz CT molecular complexity index is 1010. The first kappa shape index (κ1) is 20.7. The number of carbonyl (C=O) groups is 1. The lowest BCUT2D eigenvalue weighted by Crippen LogP contribution is -2.41. The van der Waals surface area contributed by atoms with Gasteiger partial charge in [0, 0.05) is 18.8 Å². The van der Waals surface area contributed by atoms with Crippen LogP contribution in [0.15, 0.2) is 59.2 Å². The van der Waals surface area contributed by atoms with E-state index in [1.165, 1.54) is 12.1 Å². The predicted molar refractivity (Wildman–Crippen MR) is 106 cm³/mol. The van der Waals surface area contributed by atoms with E-state index in [0.717, 1.165) is 25.1 Å². The van der Waals surface area contributed by atoms with Gasteiger partial charge in [0.25, 0.3) is 0 Å². The van der Waals surface area contributed by atoms with Crippen molar-refractivity contribution < 1.29 is 27.1 Å². The fraction of sp³-hybridized carbons (Fsp3) is 0.286. The molecule has 3 aromatic rings. The maximum Gasteiger partial charge on any atom is 0.573 e. The molecule has 162 valence electrons. The summed E-state index contributed by atoms with van der Waals surface area (Å²) in [6.07, 6.45) is -1.68. The van der Waals surface area contributed by atoms with E-state index >= 15 is 0 Å². The zero-order chi connectivity index (χ0) is 21.8. The first-order chi connectivity index (χ1) is 14.9. The van der Waals surface area contributed by atoms with Crippen LogP contribution in [0.1, 0.15) is 12.8 Å². The topological polar surface area (TPSA) is 80.5 Å². The van der Waals surface area contributed by atoms with Gasteiger partial charge in [-0.15, -0.1) is 23.4 Å². The van der Waals surface area contributed by atoms with Crippen LogP contribution in [-0.4, -0.2) is 35.6 Å². The lowest BCUT2D eigenvalue weighted by molar-refractivity contribution is -0.274. The Kier molecular flexibility index (Phi) is 5.79. The van der Waals surface area contributed by atoms with Crippen LogP contribution in [0.2, 0.25) is 0 Å². The summed E-state index contributed by atoms with van der Waals surface area (Å²) in [6.45, 7) is 1.22. The summed E-state index contributed by atoms with van der Waals surface area (Å²) in [5.41, 5.74) is 1.03. The van der Waals surface area contributed by atoms with Crippen molar-refractivity contribution in [1.82, 2.24) is 10.2 Å². The van der Waals surface area contributed by atoms with Crippen LogP contribution >= 0.6 is 0 Å². The van der Waals surface area contributed by atoms with Crippen molar-refractivity contribution in [2.24, 2.45) is 5.92 Å². The summed E-state index contributed by atoms with van der Waals surface area (Å²) in [4.78, 5) is 14.7. The minimum Gasteiger partial charge on any atom is -0.463 e. The minimum absolute atomic E-state index is 0.200. The summed E-state index contributed by atoms with van der Waals surface area (Å²) in [5.74, 6) is 0.467. The van der Waals surface area contributed by atoms with Gasteiger partial charge in [0.15, 0.2) is 11.6 Å². The highest BCUT2D eigenvalue weighted by Crippen LogP contribution is 2.26. The first-order valence-corrected chi connectivity index (χ1v) is 9.66. The van der Waals surface area contributed by atoms with Gasteiger partial charge in [-0.25, -0.2) is 0 Å². The lowest BCUT2D eigenvalue weighted by Gasteiger charge is -2.32. The number of ether oxygens (including phenoxy) is 1. The number of halogens is 3. The van der Waals surface area contributed by atoms with Crippen molar-refractivity contribution in [1.29, 1.82) is 0 Å². The van der Waals surface area contributed by atoms with Gasteiger partial charge in [0.05, 0.1) is 12.2 Å². The molecule has 1 saturated heterocycles. The summed E-state index contributed by atoms with van der Waals surface area (Å²) in [7, 11) is 0. The molecule has 1 aliphatic rings. The quantitative estimate of drug-likeness (QED) is 0.640. The zero-order valence-corrected chi connectivity index (χ0v) is 16.3. The number of hydrogen-bond acceptors (Lipinski definition) is 6. The van der Waals surface area contributed by atoms with Crippen LogP contribution in [-0.2, 0) is 4.79 Å².